The molecule has 4 N–H and O–H groups in total. The number of hydrogen-bond donors (Lipinski definition) is 3. The summed E-state index contributed by atoms with van der Waals surface area (Å²) in [7, 11) is 0. The second kappa shape index (κ2) is 4.97. The highest BCUT2D eigenvalue weighted by atomic mass is 16.4. The number of nitrogens with two attached hydrogens (primary N) is 1. The highest BCUT2D eigenvalue weighted by Gasteiger charge is 2.13. The molecule has 5 nitrogen and oxygen atoms in total. The van der Waals surface area contributed by atoms with Gasteiger partial charge in [0.15, 0.2) is 0 Å². The standard InChI is InChI=1S/C14H15N3O2/c1-8-4-3-5-9(2)12(8)17-13-11(14(18)19)6-10(15)7-16-13/h3-7H,15H2,1-2H3,(H,16,17)(H,18,19). The van der Waals surface area contributed by atoms with Crippen molar-refractivity contribution in [1.29, 1.82) is 0 Å². The Morgan fingerprint density at radius 3 is 2.53 bits per heavy atom. The minimum absolute atomic E-state index is 0.0580. The van der Waals surface area contributed by atoms with Crippen molar-refractivity contribution >= 4 is 23.2 Å². The fourth-order valence-electron chi connectivity index (χ4n) is 1.87. The molecule has 5 heteroatoms. The number of nitrogens with zero attached hydrogens (tertiary/aromatic N) is 1. The van der Waals surface area contributed by atoms with E-state index in [0.717, 1.165) is 16.8 Å². The van der Waals surface area contributed by atoms with Crippen molar-refractivity contribution in [3.05, 3.63) is 47.2 Å². The molecule has 0 aliphatic rings. The van der Waals surface area contributed by atoms with Crippen molar-refractivity contribution < 1.29 is 9.90 Å². The van der Waals surface area contributed by atoms with Crippen LogP contribution in [0.3, 0.4) is 0 Å². The van der Waals surface area contributed by atoms with E-state index in [0.29, 0.717) is 11.5 Å². The maximum Gasteiger partial charge on any atom is 0.339 e. The third kappa shape index (κ3) is 2.65. The van der Waals surface area contributed by atoms with E-state index in [9.17, 15) is 9.90 Å². The zero-order chi connectivity index (χ0) is 14.0. The number of aromatic carboxylic acids is 1. The van der Waals surface area contributed by atoms with E-state index >= 15 is 0 Å². The maximum atomic E-state index is 11.2. The minimum atomic E-state index is -1.06. The van der Waals surface area contributed by atoms with Gasteiger partial charge in [0.2, 0.25) is 0 Å². The molecule has 19 heavy (non-hydrogen) atoms. The summed E-state index contributed by atoms with van der Waals surface area (Å²) in [6.45, 7) is 3.90. The van der Waals surface area contributed by atoms with E-state index in [-0.39, 0.29) is 5.56 Å². The van der Waals surface area contributed by atoms with Crippen molar-refractivity contribution in [2.24, 2.45) is 0 Å². The molecule has 1 heterocycles. The van der Waals surface area contributed by atoms with Gasteiger partial charge in [0, 0.05) is 5.69 Å². The maximum absolute atomic E-state index is 11.2. The van der Waals surface area contributed by atoms with Crippen LogP contribution in [0.5, 0.6) is 0 Å². The zero-order valence-corrected chi connectivity index (χ0v) is 10.8. The first kappa shape index (κ1) is 12.9. The van der Waals surface area contributed by atoms with Crippen LogP contribution in [-0.2, 0) is 0 Å². The van der Waals surface area contributed by atoms with Crippen LogP contribution in [0.1, 0.15) is 21.5 Å². The SMILES string of the molecule is Cc1cccc(C)c1Nc1ncc(N)cc1C(=O)O. The molecule has 0 saturated carbocycles. The summed E-state index contributed by atoms with van der Waals surface area (Å²) in [5.74, 6) is -0.771. The second-order valence-corrected chi connectivity index (χ2v) is 4.36. The predicted octanol–water partition coefficient (Wildman–Crippen LogP) is 2.72. The van der Waals surface area contributed by atoms with Crippen LogP contribution in [0, 0.1) is 13.8 Å². The lowest BCUT2D eigenvalue weighted by Crippen LogP contribution is -2.07. The number of pyridine rings is 1. The van der Waals surface area contributed by atoms with Gasteiger partial charge >= 0.3 is 5.97 Å². The third-order valence-corrected chi connectivity index (χ3v) is 2.86. The van der Waals surface area contributed by atoms with Crippen molar-refractivity contribution in [3.63, 3.8) is 0 Å². The molecule has 0 aliphatic heterocycles. The number of anilines is 3. The van der Waals surface area contributed by atoms with Gasteiger partial charge in [0.1, 0.15) is 11.4 Å². The Kier molecular flexibility index (Phi) is 3.37. The van der Waals surface area contributed by atoms with Gasteiger partial charge in [-0.15, -0.1) is 0 Å². The van der Waals surface area contributed by atoms with E-state index in [1.54, 1.807) is 0 Å². The Labute approximate surface area is 111 Å². The fraction of sp³-hybridized carbons (Fsp3) is 0.143. The van der Waals surface area contributed by atoms with Gasteiger partial charge in [0.05, 0.1) is 11.9 Å². The lowest BCUT2D eigenvalue weighted by Gasteiger charge is -2.13. The molecular formula is C14H15N3O2. The van der Waals surface area contributed by atoms with Gasteiger partial charge < -0.3 is 16.2 Å². The molecular weight excluding hydrogens is 242 g/mol. The molecule has 0 aliphatic carbocycles. The Hall–Kier alpha value is -2.56. The number of hydrogen-bond acceptors (Lipinski definition) is 4. The summed E-state index contributed by atoms with van der Waals surface area (Å²) >= 11 is 0. The topological polar surface area (TPSA) is 88.2 Å². The molecule has 0 bridgehead atoms. The smallest absolute Gasteiger partial charge is 0.339 e. The Morgan fingerprint density at radius 1 is 1.32 bits per heavy atom. The van der Waals surface area contributed by atoms with Crippen LogP contribution in [0.4, 0.5) is 17.2 Å². The Bertz CT molecular complexity index is 618. The molecule has 0 spiro atoms. The summed E-state index contributed by atoms with van der Waals surface area (Å²) in [6, 6.07) is 7.25. The molecule has 0 radical (unpaired) electrons. The molecule has 1 aromatic heterocycles. The van der Waals surface area contributed by atoms with Gasteiger partial charge in [-0.25, -0.2) is 9.78 Å². The number of rotatable bonds is 3. The molecule has 0 saturated heterocycles. The highest BCUT2D eigenvalue weighted by molar-refractivity contribution is 5.95. The van der Waals surface area contributed by atoms with E-state index < -0.39 is 5.97 Å². The molecule has 0 atom stereocenters. The number of carboxylic acids is 1. The van der Waals surface area contributed by atoms with Crippen LogP contribution in [-0.4, -0.2) is 16.1 Å². The lowest BCUT2D eigenvalue weighted by molar-refractivity contribution is 0.0697. The minimum Gasteiger partial charge on any atom is -0.478 e. The average molecular weight is 257 g/mol. The molecule has 0 amide bonds. The Balaban J connectivity index is 2.47. The number of nitrogens with one attached hydrogen (secondary N) is 1. The van der Waals surface area contributed by atoms with Gasteiger partial charge in [-0.05, 0) is 31.0 Å². The number of para-hydroxylation sites is 1. The molecule has 0 fully saturated rings. The molecule has 2 rings (SSSR count). The predicted molar refractivity (Wildman–Crippen MR) is 74.8 cm³/mol. The van der Waals surface area contributed by atoms with Gasteiger partial charge in [0.25, 0.3) is 0 Å². The van der Waals surface area contributed by atoms with Gasteiger partial charge in [-0.1, -0.05) is 18.2 Å². The number of aryl methyl sites for hydroxylation is 2. The summed E-state index contributed by atoms with van der Waals surface area (Å²) < 4.78 is 0. The van der Waals surface area contributed by atoms with Gasteiger partial charge in [-0.2, -0.15) is 0 Å². The van der Waals surface area contributed by atoms with Crippen LogP contribution in [0.2, 0.25) is 0 Å². The highest BCUT2D eigenvalue weighted by Crippen LogP contribution is 2.26. The average Bonchev–Trinajstić information content (AvgIpc) is 2.35. The zero-order valence-electron chi connectivity index (χ0n) is 10.8. The van der Waals surface area contributed by atoms with E-state index in [4.69, 9.17) is 5.73 Å². The van der Waals surface area contributed by atoms with Crippen molar-refractivity contribution in [2.75, 3.05) is 11.1 Å². The van der Waals surface area contributed by atoms with Crippen LogP contribution < -0.4 is 11.1 Å². The first-order valence-electron chi connectivity index (χ1n) is 5.81. The van der Waals surface area contributed by atoms with Crippen LogP contribution in [0.15, 0.2) is 30.5 Å². The summed E-state index contributed by atoms with van der Waals surface area (Å²) in [6.07, 6.45) is 1.43. The first-order valence-corrected chi connectivity index (χ1v) is 5.81. The van der Waals surface area contributed by atoms with Crippen molar-refractivity contribution in [1.82, 2.24) is 4.98 Å². The summed E-state index contributed by atoms with van der Waals surface area (Å²) in [5, 5.41) is 12.2. The third-order valence-electron chi connectivity index (χ3n) is 2.86. The van der Waals surface area contributed by atoms with Crippen molar-refractivity contribution in [2.45, 2.75) is 13.8 Å². The van der Waals surface area contributed by atoms with E-state index in [1.165, 1.54) is 12.3 Å². The molecule has 2 aromatic rings. The number of nitrogen functional groups attached to an aromatic ring is 1. The molecule has 1 aromatic carbocycles. The van der Waals surface area contributed by atoms with Crippen molar-refractivity contribution in [3.8, 4) is 0 Å². The number of carbonyl (C=O) groups is 1. The monoisotopic (exact) mass is 257 g/mol. The fourth-order valence-corrected chi connectivity index (χ4v) is 1.87. The molecule has 0 unspecified atom stereocenters. The number of aromatic nitrogens is 1. The van der Waals surface area contributed by atoms with E-state index in [1.807, 2.05) is 32.0 Å². The quantitative estimate of drug-likeness (QED) is 0.786. The second-order valence-electron chi connectivity index (χ2n) is 4.36. The lowest BCUT2D eigenvalue weighted by atomic mass is 10.1. The molecule has 98 valence electrons. The summed E-state index contributed by atoms with van der Waals surface area (Å²) in [5.41, 5.74) is 8.86. The normalized spacial score (nSPS) is 10.2. The summed E-state index contributed by atoms with van der Waals surface area (Å²) in [4.78, 5) is 15.3. The largest absolute Gasteiger partial charge is 0.478 e. The van der Waals surface area contributed by atoms with Crippen LogP contribution in [0.25, 0.3) is 0 Å². The number of benzene rings is 1. The van der Waals surface area contributed by atoms with Gasteiger partial charge in [-0.3, -0.25) is 0 Å². The first-order chi connectivity index (χ1) is 8.99. The van der Waals surface area contributed by atoms with Crippen LogP contribution >= 0.6 is 0 Å². The van der Waals surface area contributed by atoms with E-state index in [2.05, 4.69) is 10.3 Å². The number of carboxylic acid groups (broad SMARTS) is 1. The Morgan fingerprint density at radius 2 is 1.95 bits per heavy atom.